The van der Waals surface area contributed by atoms with E-state index in [1.165, 1.54) is 6.33 Å². The van der Waals surface area contributed by atoms with Gasteiger partial charge in [-0.2, -0.15) is 0 Å². The summed E-state index contributed by atoms with van der Waals surface area (Å²) >= 11 is 0. The maximum absolute atomic E-state index is 5.61. The molecular weight excluding hydrogens is 218 g/mol. The van der Waals surface area contributed by atoms with Gasteiger partial charge in [0, 0.05) is 13.7 Å². The molecule has 1 aromatic heterocycles. The van der Waals surface area contributed by atoms with Gasteiger partial charge in [-0.15, -0.1) is 0 Å². The largest absolute Gasteiger partial charge is 0.475 e. The maximum atomic E-state index is 5.61. The van der Waals surface area contributed by atoms with Gasteiger partial charge in [-0.25, -0.2) is 9.97 Å². The second-order valence-corrected chi connectivity index (χ2v) is 3.97. The number of anilines is 1. The Bertz CT molecular complexity index is 343. The fraction of sp³-hybridized carbons (Fsp3) is 0.667. The van der Waals surface area contributed by atoms with Crippen molar-refractivity contribution in [2.45, 2.75) is 26.7 Å². The summed E-state index contributed by atoms with van der Waals surface area (Å²) in [6, 6.07) is 0. The number of nitrogens with zero attached hydrogens (tertiary/aromatic N) is 2. The predicted molar refractivity (Wildman–Crippen MR) is 67.7 cm³/mol. The Hall–Kier alpha value is -1.36. The molecule has 0 aromatic carbocycles. The summed E-state index contributed by atoms with van der Waals surface area (Å²) in [6.45, 7) is 8.12. The van der Waals surface area contributed by atoms with Crippen LogP contribution < -0.4 is 10.1 Å². The fourth-order valence-corrected chi connectivity index (χ4v) is 1.54. The highest BCUT2D eigenvalue weighted by atomic mass is 16.5. The quantitative estimate of drug-likeness (QED) is 0.738. The molecule has 1 N–H and O–H groups in total. The van der Waals surface area contributed by atoms with Gasteiger partial charge in [-0.1, -0.05) is 13.8 Å². The number of rotatable bonds is 7. The second-order valence-electron chi connectivity index (χ2n) is 3.97. The standard InChI is InChI=1S/C12H21N3O2/c1-5-13-11-10(9(2)3)12(15-8-14-11)17-7-6-16-4/h8-9H,5-7H2,1-4H3,(H,13,14,15). The average Bonchev–Trinajstić information content (AvgIpc) is 2.29. The van der Waals surface area contributed by atoms with E-state index >= 15 is 0 Å². The molecule has 0 amide bonds. The molecule has 1 rings (SSSR count). The van der Waals surface area contributed by atoms with Crippen LogP contribution in [-0.2, 0) is 4.74 Å². The van der Waals surface area contributed by atoms with E-state index in [9.17, 15) is 0 Å². The Balaban J connectivity index is 2.90. The molecule has 0 saturated carbocycles. The van der Waals surface area contributed by atoms with Crippen molar-refractivity contribution in [3.8, 4) is 5.88 Å². The van der Waals surface area contributed by atoms with Crippen LogP contribution in [0.1, 0.15) is 32.3 Å². The van der Waals surface area contributed by atoms with Crippen molar-refractivity contribution in [3.05, 3.63) is 11.9 Å². The van der Waals surface area contributed by atoms with Crippen LogP contribution in [0.4, 0.5) is 5.82 Å². The summed E-state index contributed by atoms with van der Waals surface area (Å²) in [5.74, 6) is 1.80. The first-order valence-corrected chi connectivity index (χ1v) is 5.91. The molecule has 0 bridgehead atoms. The average molecular weight is 239 g/mol. The Morgan fingerprint density at radius 3 is 2.65 bits per heavy atom. The fourth-order valence-electron chi connectivity index (χ4n) is 1.54. The molecule has 0 spiro atoms. The molecule has 1 heterocycles. The number of nitrogens with one attached hydrogen (secondary N) is 1. The molecule has 1 aromatic rings. The Morgan fingerprint density at radius 2 is 2.06 bits per heavy atom. The van der Waals surface area contributed by atoms with Gasteiger partial charge in [0.15, 0.2) is 0 Å². The van der Waals surface area contributed by atoms with Crippen LogP contribution in [0.25, 0.3) is 0 Å². The van der Waals surface area contributed by atoms with Gasteiger partial charge in [-0.3, -0.25) is 0 Å². The lowest BCUT2D eigenvalue weighted by Gasteiger charge is -2.16. The number of aromatic nitrogens is 2. The maximum Gasteiger partial charge on any atom is 0.222 e. The minimum absolute atomic E-state index is 0.308. The van der Waals surface area contributed by atoms with Crippen molar-refractivity contribution in [1.29, 1.82) is 0 Å². The van der Waals surface area contributed by atoms with Crippen molar-refractivity contribution in [1.82, 2.24) is 9.97 Å². The first-order valence-electron chi connectivity index (χ1n) is 5.91. The minimum Gasteiger partial charge on any atom is -0.475 e. The minimum atomic E-state index is 0.308. The van der Waals surface area contributed by atoms with E-state index in [2.05, 4.69) is 29.1 Å². The van der Waals surface area contributed by atoms with Crippen molar-refractivity contribution >= 4 is 5.82 Å². The summed E-state index contributed by atoms with van der Waals surface area (Å²) in [6.07, 6.45) is 1.52. The van der Waals surface area contributed by atoms with Crippen LogP contribution in [0.3, 0.4) is 0 Å². The summed E-state index contributed by atoms with van der Waals surface area (Å²) < 4.78 is 10.6. The normalized spacial score (nSPS) is 10.6. The molecule has 17 heavy (non-hydrogen) atoms. The van der Waals surface area contributed by atoms with Crippen LogP contribution in [-0.4, -0.2) is 36.8 Å². The molecule has 0 radical (unpaired) electrons. The zero-order valence-electron chi connectivity index (χ0n) is 11.0. The smallest absolute Gasteiger partial charge is 0.222 e. The molecule has 5 nitrogen and oxygen atoms in total. The molecule has 96 valence electrons. The van der Waals surface area contributed by atoms with Crippen molar-refractivity contribution in [3.63, 3.8) is 0 Å². The first kappa shape index (κ1) is 13.7. The highest BCUT2D eigenvalue weighted by Crippen LogP contribution is 2.29. The number of hydrogen-bond acceptors (Lipinski definition) is 5. The van der Waals surface area contributed by atoms with Gasteiger partial charge in [0.1, 0.15) is 18.8 Å². The molecule has 0 fully saturated rings. The molecule has 5 heteroatoms. The van der Waals surface area contributed by atoms with Gasteiger partial charge in [0.25, 0.3) is 0 Å². The Kier molecular flexibility index (Phi) is 5.69. The highest BCUT2D eigenvalue weighted by Gasteiger charge is 2.15. The topological polar surface area (TPSA) is 56.3 Å². The van der Waals surface area contributed by atoms with Crippen molar-refractivity contribution in [2.24, 2.45) is 0 Å². The molecule has 0 aliphatic rings. The molecule has 0 aliphatic heterocycles. The molecule has 0 saturated heterocycles. The Morgan fingerprint density at radius 1 is 1.29 bits per heavy atom. The van der Waals surface area contributed by atoms with Crippen LogP contribution in [0, 0.1) is 0 Å². The van der Waals surface area contributed by atoms with Gasteiger partial charge < -0.3 is 14.8 Å². The lowest BCUT2D eigenvalue weighted by Crippen LogP contribution is -2.11. The molecule has 0 aliphatic carbocycles. The van der Waals surface area contributed by atoms with E-state index < -0.39 is 0 Å². The van der Waals surface area contributed by atoms with E-state index in [-0.39, 0.29) is 0 Å². The SMILES string of the molecule is CCNc1ncnc(OCCOC)c1C(C)C. The van der Waals surface area contributed by atoms with E-state index in [0.29, 0.717) is 25.0 Å². The number of hydrogen-bond donors (Lipinski definition) is 1. The lowest BCUT2D eigenvalue weighted by molar-refractivity contribution is 0.143. The monoisotopic (exact) mass is 239 g/mol. The zero-order chi connectivity index (χ0) is 12.7. The summed E-state index contributed by atoms with van der Waals surface area (Å²) in [4.78, 5) is 8.43. The molecule has 0 unspecified atom stereocenters. The van der Waals surface area contributed by atoms with Gasteiger partial charge in [0.05, 0.1) is 12.2 Å². The third-order valence-electron chi connectivity index (χ3n) is 2.30. The van der Waals surface area contributed by atoms with E-state index in [1.807, 2.05) is 6.92 Å². The van der Waals surface area contributed by atoms with Crippen molar-refractivity contribution < 1.29 is 9.47 Å². The van der Waals surface area contributed by atoms with Crippen LogP contribution in [0.2, 0.25) is 0 Å². The van der Waals surface area contributed by atoms with Gasteiger partial charge >= 0.3 is 0 Å². The summed E-state index contributed by atoms with van der Waals surface area (Å²) in [7, 11) is 1.65. The lowest BCUT2D eigenvalue weighted by atomic mass is 10.1. The van der Waals surface area contributed by atoms with Gasteiger partial charge in [-0.05, 0) is 12.8 Å². The third-order valence-corrected chi connectivity index (χ3v) is 2.30. The highest BCUT2D eigenvalue weighted by molar-refractivity contribution is 5.50. The van der Waals surface area contributed by atoms with Crippen LogP contribution >= 0.6 is 0 Å². The molecular formula is C12H21N3O2. The molecule has 0 atom stereocenters. The Labute approximate surface area is 103 Å². The summed E-state index contributed by atoms with van der Waals surface area (Å²) in [5, 5.41) is 3.23. The van der Waals surface area contributed by atoms with E-state index in [4.69, 9.17) is 9.47 Å². The zero-order valence-corrected chi connectivity index (χ0v) is 11.0. The van der Waals surface area contributed by atoms with E-state index in [1.54, 1.807) is 7.11 Å². The number of methoxy groups -OCH3 is 1. The summed E-state index contributed by atoms with van der Waals surface area (Å²) in [5.41, 5.74) is 1.02. The van der Waals surface area contributed by atoms with Crippen LogP contribution in [0.5, 0.6) is 5.88 Å². The van der Waals surface area contributed by atoms with E-state index in [0.717, 1.165) is 17.9 Å². The van der Waals surface area contributed by atoms with Crippen molar-refractivity contribution in [2.75, 3.05) is 32.2 Å². The number of ether oxygens (including phenoxy) is 2. The van der Waals surface area contributed by atoms with Gasteiger partial charge in [0.2, 0.25) is 5.88 Å². The van der Waals surface area contributed by atoms with Crippen LogP contribution in [0.15, 0.2) is 6.33 Å². The first-order chi connectivity index (χ1) is 8.20. The second kappa shape index (κ2) is 7.06. The third kappa shape index (κ3) is 3.85. The predicted octanol–water partition coefficient (Wildman–Crippen LogP) is 2.06.